The van der Waals surface area contributed by atoms with Gasteiger partial charge in [0.25, 0.3) is 0 Å². The third-order valence-corrected chi connectivity index (χ3v) is 2.33. The standard InChI is InChI=1S/C11H15NO.C6H10/c1-9(12-10(2)13)8-11-6-4-3-5-7-11;1-3-5-6-4-2/h3-7,9H,8H2,1-2H3,(H,12,13);3-6H,1-2H3/b;5-3-,6-4-. The molecular weight excluding hydrogens is 234 g/mol. The first-order valence-electron chi connectivity index (χ1n) is 6.65. The van der Waals surface area contributed by atoms with E-state index in [1.807, 2.05) is 63.3 Å². The third-order valence-electron chi connectivity index (χ3n) is 2.33. The Morgan fingerprint density at radius 2 is 1.68 bits per heavy atom. The van der Waals surface area contributed by atoms with Crippen LogP contribution in [0.15, 0.2) is 54.6 Å². The highest BCUT2D eigenvalue weighted by molar-refractivity contribution is 5.73. The number of carbonyl (C=O) groups excluding carboxylic acids is 1. The smallest absolute Gasteiger partial charge is 0.217 e. The van der Waals surface area contributed by atoms with Crippen molar-refractivity contribution >= 4 is 5.91 Å². The van der Waals surface area contributed by atoms with Crippen molar-refractivity contribution in [2.45, 2.75) is 40.2 Å². The molecule has 0 aliphatic heterocycles. The molecule has 0 aliphatic carbocycles. The van der Waals surface area contributed by atoms with Crippen molar-refractivity contribution in [2.75, 3.05) is 0 Å². The van der Waals surface area contributed by atoms with Crippen molar-refractivity contribution in [1.29, 1.82) is 0 Å². The lowest BCUT2D eigenvalue weighted by Crippen LogP contribution is -2.31. The zero-order valence-electron chi connectivity index (χ0n) is 12.4. The van der Waals surface area contributed by atoms with Gasteiger partial charge >= 0.3 is 0 Å². The molecule has 1 unspecified atom stereocenters. The Morgan fingerprint density at radius 1 is 1.16 bits per heavy atom. The van der Waals surface area contributed by atoms with Crippen molar-refractivity contribution in [3.8, 4) is 0 Å². The quantitative estimate of drug-likeness (QED) is 0.817. The van der Waals surface area contributed by atoms with Crippen LogP contribution in [0.5, 0.6) is 0 Å². The second kappa shape index (κ2) is 11.3. The molecule has 0 saturated carbocycles. The molecule has 1 aromatic carbocycles. The summed E-state index contributed by atoms with van der Waals surface area (Å²) in [7, 11) is 0. The Balaban J connectivity index is 0.000000459. The molecule has 0 fully saturated rings. The third kappa shape index (κ3) is 11.0. The van der Waals surface area contributed by atoms with E-state index in [2.05, 4.69) is 17.4 Å². The van der Waals surface area contributed by atoms with E-state index in [0.717, 1.165) is 6.42 Å². The maximum Gasteiger partial charge on any atom is 0.217 e. The van der Waals surface area contributed by atoms with Crippen LogP contribution >= 0.6 is 0 Å². The second-order valence-electron chi connectivity index (χ2n) is 4.34. The molecule has 1 atom stereocenters. The van der Waals surface area contributed by atoms with Crippen LogP contribution in [0.4, 0.5) is 0 Å². The van der Waals surface area contributed by atoms with Crippen molar-refractivity contribution in [2.24, 2.45) is 0 Å². The monoisotopic (exact) mass is 259 g/mol. The van der Waals surface area contributed by atoms with Gasteiger partial charge in [0.15, 0.2) is 0 Å². The van der Waals surface area contributed by atoms with Crippen LogP contribution in [0.2, 0.25) is 0 Å². The number of nitrogens with one attached hydrogen (secondary N) is 1. The molecular formula is C17H25NO. The first kappa shape index (κ1) is 17.2. The number of carbonyl (C=O) groups is 1. The molecule has 0 heterocycles. The first-order valence-corrected chi connectivity index (χ1v) is 6.65. The maximum absolute atomic E-state index is 10.7. The van der Waals surface area contributed by atoms with E-state index in [-0.39, 0.29) is 11.9 Å². The molecule has 1 amide bonds. The molecule has 0 radical (unpaired) electrons. The van der Waals surface area contributed by atoms with Gasteiger partial charge in [0.1, 0.15) is 0 Å². The molecule has 1 rings (SSSR count). The van der Waals surface area contributed by atoms with Crippen molar-refractivity contribution in [3.05, 3.63) is 60.2 Å². The zero-order chi connectivity index (χ0) is 14.5. The topological polar surface area (TPSA) is 29.1 Å². The van der Waals surface area contributed by atoms with Gasteiger partial charge in [0.05, 0.1) is 0 Å². The van der Waals surface area contributed by atoms with Crippen LogP contribution in [-0.4, -0.2) is 11.9 Å². The van der Waals surface area contributed by atoms with Crippen LogP contribution in [0.1, 0.15) is 33.3 Å². The number of allylic oxidation sites excluding steroid dienone is 4. The fraction of sp³-hybridized carbons (Fsp3) is 0.353. The molecule has 1 N–H and O–H groups in total. The van der Waals surface area contributed by atoms with Crippen LogP contribution in [0.25, 0.3) is 0 Å². The van der Waals surface area contributed by atoms with E-state index in [1.165, 1.54) is 5.56 Å². The van der Waals surface area contributed by atoms with Crippen LogP contribution < -0.4 is 5.32 Å². The van der Waals surface area contributed by atoms with E-state index in [9.17, 15) is 4.79 Å². The highest BCUT2D eigenvalue weighted by Crippen LogP contribution is 2.02. The lowest BCUT2D eigenvalue weighted by atomic mass is 10.1. The fourth-order valence-electron chi connectivity index (χ4n) is 1.59. The van der Waals surface area contributed by atoms with Gasteiger partial charge in [-0.05, 0) is 32.8 Å². The predicted octanol–water partition coefficient (Wildman–Crippen LogP) is 3.89. The molecule has 19 heavy (non-hydrogen) atoms. The minimum absolute atomic E-state index is 0.0310. The van der Waals surface area contributed by atoms with Crippen molar-refractivity contribution in [3.63, 3.8) is 0 Å². The summed E-state index contributed by atoms with van der Waals surface area (Å²) in [6.07, 6.45) is 8.89. The van der Waals surface area contributed by atoms with Crippen LogP contribution in [0.3, 0.4) is 0 Å². The Kier molecular flexibility index (Phi) is 10.2. The molecule has 2 nitrogen and oxygen atoms in total. The van der Waals surface area contributed by atoms with E-state index in [1.54, 1.807) is 6.92 Å². The fourth-order valence-corrected chi connectivity index (χ4v) is 1.59. The zero-order valence-corrected chi connectivity index (χ0v) is 12.4. The van der Waals surface area contributed by atoms with Crippen molar-refractivity contribution in [1.82, 2.24) is 5.32 Å². The highest BCUT2D eigenvalue weighted by Gasteiger charge is 2.03. The summed E-state index contributed by atoms with van der Waals surface area (Å²) in [5.74, 6) is 0.0310. The summed E-state index contributed by atoms with van der Waals surface area (Å²) in [4.78, 5) is 10.7. The number of benzene rings is 1. The van der Waals surface area contributed by atoms with Gasteiger partial charge in [0.2, 0.25) is 5.91 Å². The normalized spacial score (nSPS) is 12.0. The van der Waals surface area contributed by atoms with Gasteiger partial charge in [-0.1, -0.05) is 54.6 Å². The number of hydrogen-bond acceptors (Lipinski definition) is 1. The molecule has 2 heteroatoms. The Labute approximate surface area is 117 Å². The van der Waals surface area contributed by atoms with E-state index in [0.29, 0.717) is 0 Å². The summed E-state index contributed by atoms with van der Waals surface area (Å²) in [5, 5.41) is 2.85. The number of hydrogen-bond donors (Lipinski definition) is 1. The molecule has 0 saturated heterocycles. The summed E-state index contributed by atoms with van der Waals surface area (Å²) in [6, 6.07) is 10.4. The van der Waals surface area contributed by atoms with Crippen molar-refractivity contribution < 1.29 is 4.79 Å². The molecule has 0 aliphatic rings. The minimum Gasteiger partial charge on any atom is -0.354 e. The largest absolute Gasteiger partial charge is 0.354 e. The average Bonchev–Trinajstić information content (AvgIpc) is 2.37. The predicted molar refractivity (Wildman–Crippen MR) is 83.1 cm³/mol. The lowest BCUT2D eigenvalue weighted by molar-refractivity contribution is -0.119. The first-order chi connectivity index (χ1) is 9.10. The van der Waals surface area contributed by atoms with E-state index in [4.69, 9.17) is 0 Å². The summed E-state index contributed by atoms with van der Waals surface area (Å²) in [6.45, 7) is 7.55. The van der Waals surface area contributed by atoms with Crippen LogP contribution in [-0.2, 0) is 11.2 Å². The molecule has 0 bridgehead atoms. The van der Waals surface area contributed by atoms with Crippen LogP contribution in [0, 0.1) is 0 Å². The molecule has 0 spiro atoms. The summed E-state index contributed by atoms with van der Waals surface area (Å²) < 4.78 is 0. The summed E-state index contributed by atoms with van der Waals surface area (Å²) in [5.41, 5.74) is 1.25. The number of amides is 1. The Bertz CT molecular complexity index is 383. The minimum atomic E-state index is 0.0310. The van der Waals surface area contributed by atoms with E-state index < -0.39 is 0 Å². The van der Waals surface area contributed by atoms with Gasteiger partial charge in [-0.15, -0.1) is 0 Å². The van der Waals surface area contributed by atoms with E-state index >= 15 is 0 Å². The second-order valence-corrected chi connectivity index (χ2v) is 4.34. The average molecular weight is 259 g/mol. The van der Waals surface area contributed by atoms with Gasteiger partial charge in [0, 0.05) is 13.0 Å². The van der Waals surface area contributed by atoms with Gasteiger partial charge in [-0.3, -0.25) is 4.79 Å². The maximum atomic E-state index is 10.7. The van der Waals surface area contributed by atoms with Gasteiger partial charge in [-0.2, -0.15) is 0 Å². The molecule has 1 aromatic rings. The van der Waals surface area contributed by atoms with Gasteiger partial charge < -0.3 is 5.32 Å². The Hall–Kier alpha value is -1.83. The molecule has 0 aromatic heterocycles. The summed E-state index contributed by atoms with van der Waals surface area (Å²) >= 11 is 0. The highest BCUT2D eigenvalue weighted by atomic mass is 16.1. The molecule has 104 valence electrons. The van der Waals surface area contributed by atoms with Gasteiger partial charge in [-0.25, -0.2) is 0 Å². The Morgan fingerprint density at radius 3 is 2.11 bits per heavy atom. The lowest BCUT2D eigenvalue weighted by Gasteiger charge is -2.11. The number of rotatable bonds is 4. The SMILES string of the molecule is C/C=C\C=C/C.CC(=O)NC(C)Cc1ccccc1.